The molecule has 0 aliphatic carbocycles. The number of nitrogens with zero attached hydrogens (tertiary/aromatic N) is 3. The minimum absolute atomic E-state index is 0.103. The van der Waals surface area contributed by atoms with E-state index in [4.69, 9.17) is 25.2 Å². The molecule has 0 spiro atoms. The fraction of sp³-hybridized carbons (Fsp3) is 0.750. The van der Waals surface area contributed by atoms with Gasteiger partial charge in [-0.2, -0.15) is 5.26 Å². The Labute approximate surface area is 184 Å². The maximum Gasteiger partial charge on any atom is 0.330 e. The number of H-pyrrole nitrogens is 1. The molecule has 2 aliphatic rings. The van der Waals surface area contributed by atoms with E-state index in [1.54, 1.807) is 6.92 Å². The molecule has 0 saturated carbocycles. The number of rotatable bonds is 10. The van der Waals surface area contributed by atoms with E-state index in [1.165, 1.54) is 16.8 Å². The normalized spacial score (nSPS) is 30.0. The topological polar surface area (TPSA) is 119 Å². The number of aromatic amines is 1. The van der Waals surface area contributed by atoms with Gasteiger partial charge in [0.2, 0.25) is 0 Å². The van der Waals surface area contributed by atoms with Crippen LogP contribution in [0.4, 0.5) is 0 Å². The van der Waals surface area contributed by atoms with Crippen molar-refractivity contribution in [3.63, 3.8) is 0 Å². The first-order valence-electron chi connectivity index (χ1n) is 11.0. The molecular formula is C20H31N4O6P. The Bertz CT molecular complexity index is 939. The molecule has 1 N–H and O–H groups in total. The number of aromatic nitrogens is 2. The van der Waals surface area contributed by atoms with Crippen molar-refractivity contribution in [2.24, 2.45) is 0 Å². The summed E-state index contributed by atoms with van der Waals surface area (Å²) in [6, 6.07) is 3.52. The third kappa shape index (κ3) is 4.77. The van der Waals surface area contributed by atoms with E-state index in [-0.39, 0.29) is 31.7 Å². The average molecular weight is 455 g/mol. The maximum absolute atomic E-state index is 12.4. The molecule has 3 heterocycles. The molecule has 1 aromatic rings. The van der Waals surface area contributed by atoms with E-state index >= 15 is 0 Å². The summed E-state index contributed by atoms with van der Waals surface area (Å²) in [4.78, 5) is 26.1. The third-order valence-corrected chi connectivity index (χ3v) is 7.49. The van der Waals surface area contributed by atoms with Gasteiger partial charge in [0.25, 0.3) is 14.1 Å². The third-order valence-electron chi connectivity index (χ3n) is 5.38. The van der Waals surface area contributed by atoms with Crippen LogP contribution in [0.2, 0.25) is 0 Å². The highest BCUT2D eigenvalue weighted by atomic mass is 31.2. The first kappa shape index (κ1) is 22.6. The second kappa shape index (κ2) is 9.90. The Morgan fingerprint density at radius 1 is 1.45 bits per heavy atom. The number of nitrogens with one attached hydrogen (secondary N) is 1. The van der Waals surface area contributed by atoms with Gasteiger partial charge in [-0.3, -0.25) is 14.3 Å². The first-order chi connectivity index (χ1) is 15.1. The molecule has 0 radical (unpaired) electrons. The number of hydrogen-bond acceptors (Lipinski definition) is 8. The molecule has 2 saturated heterocycles. The molecule has 2 bridgehead atoms. The van der Waals surface area contributed by atoms with E-state index in [2.05, 4.69) is 15.7 Å². The van der Waals surface area contributed by atoms with Crippen LogP contribution < -0.4 is 11.2 Å². The molecule has 2 fully saturated rings. The second-order valence-electron chi connectivity index (χ2n) is 8.12. The fourth-order valence-corrected chi connectivity index (χ4v) is 5.80. The Hall–Kier alpha value is -1.60. The number of hydrogen-bond donors (Lipinski definition) is 1. The molecule has 1 unspecified atom stereocenters. The molecule has 31 heavy (non-hydrogen) atoms. The summed E-state index contributed by atoms with van der Waals surface area (Å²) in [5, 5.41) is 8.93. The van der Waals surface area contributed by atoms with Gasteiger partial charge in [-0.25, -0.2) is 9.46 Å². The van der Waals surface area contributed by atoms with Crippen molar-refractivity contribution in [3.8, 4) is 6.07 Å². The van der Waals surface area contributed by atoms with E-state index < -0.39 is 50.2 Å². The summed E-state index contributed by atoms with van der Waals surface area (Å²) in [5.74, 6) is 0. The summed E-state index contributed by atoms with van der Waals surface area (Å²) < 4.78 is 36.6. The van der Waals surface area contributed by atoms with Crippen molar-refractivity contribution >= 4 is 8.53 Å². The zero-order valence-electron chi connectivity index (χ0n) is 19.5. The highest BCUT2D eigenvalue weighted by molar-refractivity contribution is 7.44. The highest BCUT2D eigenvalue weighted by Crippen LogP contribution is 2.55. The lowest BCUT2D eigenvalue weighted by atomic mass is 9.96. The van der Waals surface area contributed by atoms with Gasteiger partial charge >= 0.3 is 5.69 Å². The van der Waals surface area contributed by atoms with Gasteiger partial charge in [-0.05, 0) is 34.1 Å². The van der Waals surface area contributed by atoms with Crippen molar-refractivity contribution in [3.05, 3.63) is 33.1 Å². The Morgan fingerprint density at radius 3 is 2.74 bits per heavy atom. The van der Waals surface area contributed by atoms with E-state index in [9.17, 15) is 9.59 Å². The smallest absolute Gasteiger partial charge is 0.330 e. The lowest BCUT2D eigenvalue weighted by Crippen LogP contribution is -2.42. The van der Waals surface area contributed by atoms with Crippen LogP contribution in [0.25, 0.3) is 0 Å². The Balaban J connectivity index is 1.95. The quantitative estimate of drug-likeness (QED) is 0.422. The minimum atomic E-state index is -1.60. The zero-order valence-corrected chi connectivity index (χ0v) is 19.4. The molecule has 0 aromatic carbocycles. The van der Waals surface area contributed by atoms with Crippen molar-refractivity contribution in [2.75, 3.05) is 13.2 Å². The molecule has 10 nitrogen and oxygen atoms in total. The van der Waals surface area contributed by atoms with Crippen LogP contribution in [0.5, 0.6) is 0 Å². The molecule has 3 rings (SSSR count). The SMILES string of the molecule is [2H][C@@H](C)[C@]12CO[C@H]([C@H](n3ccc(=O)[nH]c3=O)O1)[C@H]2OP(OCCC#N)N(C(C)C)C(C)C. The van der Waals surface area contributed by atoms with Gasteiger partial charge in [0.05, 0.1) is 25.7 Å². The summed E-state index contributed by atoms with van der Waals surface area (Å²) >= 11 is 0. The molecule has 6 atom stereocenters. The van der Waals surface area contributed by atoms with Gasteiger partial charge in [0.15, 0.2) is 6.23 Å². The maximum atomic E-state index is 12.4. The van der Waals surface area contributed by atoms with Gasteiger partial charge < -0.3 is 18.5 Å². The van der Waals surface area contributed by atoms with Crippen LogP contribution in [0, 0.1) is 11.3 Å². The average Bonchev–Trinajstić information content (AvgIpc) is 3.21. The van der Waals surface area contributed by atoms with Crippen molar-refractivity contribution in [1.29, 1.82) is 5.26 Å². The molecule has 0 amide bonds. The van der Waals surface area contributed by atoms with Crippen LogP contribution in [0.3, 0.4) is 0 Å². The van der Waals surface area contributed by atoms with Crippen molar-refractivity contribution in [1.82, 2.24) is 14.2 Å². The summed E-state index contributed by atoms with van der Waals surface area (Å²) in [7, 11) is -1.60. The van der Waals surface area contributed by atoms with Gasteiger partial charge in [0, 0.05) is 25.7 Å². The predicted molar refractivity (Wildman–Crippen MR) is 114 cm³/mol. The molecule has 1 aromatic heterocycles. The molecule has 11 heteroatoms. The van der Waals surface area contributed by atoms with E-state index in [0.717, 1.165) is 0 Å². The Kier molecular flexibility index (Phi) is 7.22. The monoisotopic (exact) mass is 455 g/mol. The fourth-order valence-electron chi connectivity index (χ4n) is 4.00. The summed E-state index contributed by atoms with van der Waals surface area (Å²) in [5.41, 5.74) is -2.24. The number of nitriles is 1. The van der Waals surface area contributed by atoms with Crippen LogP contribution in [0.15, 0.2) is 21.9 Å². The van der Waals surface area contributed by atoms with Gasteiger partial charge in [-0.1, -0.05) is 6.92 Å². The van der Waals surface area contributed by atoms with Gasteiger partial charge in [0.1, 0.15) is 17.8 Å². The van der Waals surface area contributed by atoms with Crippen molar-refractivity contribution < 1.29 is 19.9 Å². The molecule has 2 aliphatic heterocycles. The van der Waals surface area contributed by atoms with Crippen LogP contribution in [-0.4, -0.2) is 57.3 Å². The molecule has 172 valence electrons. The standard InChI is InChI=1S/C20H31N4O6P/c1-6-20-12-27-16(18(29-20)23-10-8-15(25)22-19(23)26)17(20)30-31(28-11-7-9-21)24(13(2)3)14(4)5/h8,10,13-14,16-18H,6-7,11-12H2,1-5H3,(H,22,25,26)/t16-,17+,18+,20+,31?/m0/s1/i6D/t6-,16-,17+,18+,20+,31?. The number of ether oxygens (including phenoxy) is 2. The van der Waals surface area contributed by atoms with E-state index in [0.29, 0.717) is 0 Å². The van der Waals surface area contributed by atoms with Crippen LogP contribution in [0.1, 0.15) is 55.0 Å². The summed E-state index contributed by atoms with van der Waals surface area (Å²) in [6.45, 7) is 10.2. The lowest BCUT2D eigenvalue weighted by Gasteiger charge is -2.38. The minimum Gasteiger partial charge on any atom is -0.368 e. The van der Waals surface area contributed by atoms with Crippen molar-refractivity contribution in [2.45, 2.75) is 83.6 Å². The van der Waals surface area contributed by atoms with Crippen LogP contribution >= 0.6 is 8.53 Å². The zero-order chi connectivity index (χ0) is 23.6. The largest absolute Gasteiger partial charge is 0.368 e. The molecular weight excluding hydrogens is 423 g/mol. The Morgan fingerprint density at radius 2 is 2.16 bits per heavy atom. The first-order valence-corrected chi connectivity index (χ1v) is 11.5. The number of fused-ring (bicyclic) bond motifs is 2. The van der Waals surface area contributed by atoms with E-state index in [1.807, 2.05) is 27.7 Å². The predicted octanol–water partition coefficient (Wildman–Crippen LogP) is 2.27. The highest BCUT2D eigenvalue weighted by Gasteiger charge is 2.63. The van der Waals surface area contributed by atoms with Crippen LogP contribution in [-0.2, 0) is 18.5 Å². The second-order valence-corrected chi connectivity index (χ2v) is 9.52. The van der Waals surface area contributed by atoms with Gasteiger partial charge in [-0.15, -0.1) is 0 Å². The lowest BCUT2D eigenvalue weighted by molar-refractivity contribution is -0.175. The summed E-state index contributed by atoms with van der Waals surface area (Å²) in [6.07, 6.45) is -1.33.